The number of thiazole rings is 1. The summed E-state index contributed by atoms with van der Waals surface area (Å²) in [4.78, 5) is 50.2. The van der Waals surface area contributed by atoms with Crippen molar-refractivity contribution in [3.63, 3.8) is 0 Å². The molecule has 5 rings (SSSR count). The molecule has 3 N–H and O–H groups in total. The molecule has 1 aliphatic heterocycles. The standard InChI is InChI=1S/C37H41N5O7S/c1-23-22-50-33(39-23)20-42(2)36(45)28-16-26(15-27(17-28)35-41-31(21-49-35)37(46)48-4)34(44)40-30(14-24-9-6-5-7-10-24)32(43)19-38-18-25-11-8-12-29(13-25)47-3/h5-13,15-17,22,30-32,38,43H,14,18-21H2,1-4H3,(H,40,44)/t30?,31?,32-/m1/s1. The van der Waals surface area contributed by atoms with Crippen molar-refractivity contribution in [3.8, 4) is 5.75 Å². The topological polar surface area (TPSA) is 152 Å². The van der Waals surface area contributed by atoms with Crippen LogP contribution < -0.4 is 15.4 Å². The van der Waals surface area contributed by atoms with Crippen molar-refractivity contribution in [1.82, 2.24) is 20.5 Å². The zero-order chi connectivity index (χ0) is 35.6. The zero-order valence-electron chi connectivity index (χ0n) is 28.4. The van der Waals surface area contributed by atoms with Crippen LogP contribution in [-0.2, 0) is 33.8 Å². The molecule has 13 heteroatoms. The molecule has 3 aromatic carbocycles. The van der Waals surface area contributed by atoms with Crippen molar-refractivity contribution >= 4 is 35.0 Å². The number of esters is 1. The number of aliphatic hydroxyl groups is 1. The lowest BCUT2D eigenvalue weighted by Gasteiger charge is -2.25. The second-order valence-electron chi connectivity index (χ2n) is 11.9. The number of hydrogen-bond donors (Lipinski definition) is 3. The van der Waals surface area contributed by atoms with Gasteiger partial charge in [-0.2, -0.15) is 0 Å². The lowest BCUT2D eigenvalue weighted by Crippen LogP contribution is -2.48. The maximum atomic E-state index is 14.0. The summed E-state index contributed by atoms with van der Waals surface area (Å²) >= 11 is 1.46. The second-order valence-corrected chi connectivity index (χ2v) is 12.9. The van der Waals surface area contributed by atoms with Crippen molar-refractivity contribution in [2.24, 2.45) is 4.99 Å². The summed E-state index contributed by atoms with van der Waals surface area (Å²) in [5.41, 5.74) is 3.51. The molecule has 2 amide bonds. The monoisotopic (exact) mass is 699 g/mol. The van der Waals surface area contributed by atoms with Gasteiger partial charge in [0.1, 0.15) is 17.4 Å². The van der Waals surface area contributed by atoms with Crippen LogP contribution in [0.4, 0.5) is 0 Å². The Kier molecular flexibility index (Phi) is 12.3. The molecule has 4 aromatic rings. The number of hydrogen-bond acceptors (Lipinski definition) is 11. The summed E-state index contributed by atoms with van der Waals surface area (Å²) in [6.07, 6.45) is -0.613. The first-order valence-electron chi connectivity index (χ1n) is 16.1. The predicted molar refractivity (Wildman–Crippen MR) is 189 cm³/mol. The first-order chi connectivity index (χ1) is 24.1. The molecule has 0 spiro atoms. The number of carbonyl (C=O) groups excluding carboxylic acids is 3. The molecule has 50 heavy (non-hydrogen) atoms. The summed E-state index contributed by atoms with van der Waals surface area (Å²) in [6, 6.07) is 20.3. The number of nitrogens with zero attached hydrogens (tertiary/aromatic N) is 3. The van der Waals surface area contributed by atoms with Crippen LogP contribution in [0.3, 0.4) is 0 Å². The van der Waals surface area contributed by atoms with Gasteiger partial charge in [0.25, 0.3) is 11.8 Å². The van der Waals surface area contributed by atoms with E-state index in [0.29, 0.717) is 18.5 Å². The minimum absolute atomic E-state index is 0.0287. The average Bonchev–Trinajstić information content (AvgIpc) is 3.80. The van der Waals surface area contributed by atoms with Gasteiger partial charge in [-0.15, -0.1) is 11.3 Å². The third kappa shape index (κ3) is 9.53. The maximum Gasteiger partial charge on any atom is 0.334 e. The number of nitrogens with one attached hydrogen (secondary N) is 2. The molecule has 0 radical (unpaired) electrons. The number of aromatic nitrogens is 1. The van der Waals surface area contributed by atoms with Crippen molar-refractivity contribution < 1.29 is 33.7 Å². The molecule has 1 aromatic heterocycles. The van der Waals surface area contributed by atoms with Gasteiger partial charge in [-0.25, -0.2) is 14.8 Å². The average molecular weight is 700 g/mol. The molecule has 0 saturated carbocycles. The molecule has 0 fully saturated rings. The molecular formula is C37H41N5O7S. The number of aliphatic hydroxyl groups excluding tert-OH is 1. The normalized spacial score (nSPS) is 15.0. The van der Waals surface area contributed by atoms with Gasteiger partial charge in [0.2, 0.25) is 5.90 Å². The van der Waals surface area contributed by atoms with Crippen LogP contribution in [0, 0.1) is 6.92 Å². The number of aryl methyl sites for hydroxylation is 1. The minimum atomic E-state index is -0.967. The summed E-state index contributed by atoms with van der Waals surface area (Å²) in [5.74, 6) is -0.556. The molecule has 1 aliphatic rings. The van der Waals surface area contributed by atoms with E-state index in [9.17, 15) is 19.5 Å². The minimum Gasteiger partial charge on any atom is -0.497 e. The number of methoxy groups -OCH3 is 2. The van der Waals surface area contributed by atoms with E-state index >= 15 is 0 Å². The number of benzene rings is 3. The van der Waals surface area contributed by atoms with Crippen molar-refractivity contribution in [1.29, 1.82) is 0 Å². The number of carbonyl (C=O) groups is 3. The first kappa shape index (κ1) is 36.2. The van der Waals surface area contributed by atoms with Gasteiger partial charge in [0.05, 0.1) is 32.9 Å². The van der Waals surface area contributed by atoms with Crippen molar-refractivity contribution in [2.45, 2.75) is 44.6 Å². The van der Waals surface area contributed by atoms with E-state index in [2.05, 4.69) is 20.6 Å². The second kappa shape index (κ2) is 17.0. The molecule has 0 aliphatic carbocycles. The Morgan fingerprint density at radius 2 is 1.80 bits per heavy atom. The van der Waals surface area contributed by atoms with Gasteiger partial charge in [-0.1, -0.05) is 42.5 Å². The van der Waals surface area contributed by atoms with E-state index < -0.39 is 30.1 Å². The van der Waals surface area contributed by atoms with Gasteiger partial charge < -0.3 is 34.9 Å². The van der Waals surface area contributed by atoms with E-state index in [1.165, 1.54) is 29.4 Å². The Hall–Kier alpha value is -5.11. The van der Waals surface area contributed by atoms with E-state index in [4.69, 9.17) is 14.2 Å². The quantitative estimate of drug-likeness (QED) is 0.158. The largest absolute Gasteiger partial charge is 0.497 e. The highest BCUT2D eigenvalue weighted by Crippen LogP contribution is 2.21. The number of aliphatic imine (C=N–C) groups is 1. The smallest absolute Gasteiger partial charge is 0.334 e. The molecule has 0 saturated heterocycles. The Balaban J connectivity index is 1.40. The summed E-state index contributed by atoms with van der Waals surface area (Å²) in [7, 11) is 4.54. The summed E-state index contributed by atoms with van der Waals surface area (Å²) in [6.45, 7) is 2.81. The Labute approximate surface area is 295 Å². The Morgan fingerprint density at radius 3 is 2.52 bits per heavy atom. The fraction of sp³-hybridized carbons (Fsp3) is 0.324. The van der Waals surface area contributed by atoms with Crippen LogP contribution >= 0.6 is 11.3 Å². The molecular weight excluding hydrogens is 659 g/mol. The Morgan fingerprint density at radius 1 is 1.04 bits per heavy atom. The van der Waals surface area contributed by atoms with E-state index in [-0.39, 0.29) is 42.6 Å². The van der Waals surface area contributed by atoms with Crippen LogP contribution in [0.5, 0.6) is 5.75 Å². The fourth-order valence-electron chi connectivity index (χ4n) is 5.46. The lowest BCUT2D eigenvalue weighted by atomic mass is 9.99. The van der Waals surface area contributed by atoms with Crippen molar-refractivity contribution in [2.75, 3.05) is 34.4 Å². The van der Waals surface area contributed by atoms with Crippen LogP contribution in [0.1, 0.15) is 48.1 Å². The zero-order valence-corrected chi connectivity index (χ0v) is 29.2. The number of ether oxygens (including phenoxy) is 3. The molecule has 262 valence electrons. The fourth-order valence-corrected chi connectivity index (χ4v) is 6.28. The van der Waals surface area contributed by atoms with Gasteiger partial charge in [0, 0.05) is 47.9 Å². The lowest BCUT2D eigenvalue weighted by molar-refractivity contribution is -0.142. The highest BCUT2D eigenvalue weighted by molar-refractivity contribution is 7.09. The summed E-state index contributed by atoms with van der Waals surface area (Å²) < 4.78 is 15.9. The van der Waals surface area contributed by atoms with Crippen LogP contribution in [-0.4, -0.2) is 91.3 Å². The third-order valence-corrected chi connectivity index (χ3v) is 9.05. The van der Waals surface area contributed by atoms with E-state index in [1.807, 2.05) is 66.9 Å². The summed E-state index contributed by atoms with van der Waals surface area (Å²) in [5, 5.41) is 20.3. The van der Waals surface area contributed by atoms with E-state index in [0.717, 1.165) is 27.6 Å². The number of amides is 2. The van der Waals surface area contributed by atoms with Crippen molar-refractivity contribution in [3.05, 3.63) is 117 Å². The highest BCUT2D eigenvalue weighted by atomic mass is 32.1. The van der Waals surface area contributed by atoms with E-state index in [1.54, 1.807) is 26.3 Å². The van der Waals surface area contributed by atoms with Gasteiger partial charge in [0.15, 0.2) is 6.04 Å². The molecule has 3 atom stereocenters. The van der Waals surface area contributed by atoms with Gasteiger partial charge in [-0.05, 0) is 54.8 Å². The molecule has 0 bridgehead atoms. The van der Waals surface area contributed by atoms with Crippen LogP contribution in [0.2, 0.25) is 0 Å². The molecule has 2 heterocycles. The van der Waals surface area contributed by atoms with Crippen LogP contribution in [0.25, 0.3) is 0 Å². The van der Waals surface area contributed by atoms with Gasteiger partial charge in [-0.3, -0.25) is 9.59 Å². The highest BCUT2D eigenvalue weighted by Gasteiger charge is 2.29. The predicted octanol–water partition coefficient (Wildman–Crippen LogP) is 3.54. The molecule has 12 nitrogen and oxygen atoms in total. The Bertz CT molecular complexity index is 1830. The molecule has 2 unspecified atom stereocenters. The first-order valence-corrected chi connectivity index (χ1v) is 17.0. The SMILES string of the molecule is COC(=O)C1COC(c2cc(C(=O)NC(Cc3ccccc3)[C@H](O)CNCc3cccc(OC)c3)cc(C(=O)N(C)Cc3nc(C)cs3)c2)=N1. The maximum absolute atomic E-state index is 14.0. The number of rotatable bonds is 15. The van der Waals surface area contributed by atoms with Crippen LogP contribution in [0.15, 0.2) is 83.2 Å². The van der Waals surface area contributed by atoms with Gasteiger partial charge >= 0.3 is 5.97 Å². The third-order valence-electron chi connectivity index (χ3n) is 8.10.